The molecule has 0 spiro atoms. The predicted molar refractivity (Wildman–Crippen MR) is 71.4 cm³/mol. The van der Waals surface area contributed by atoms with Crippen LogP contribution in [0.5, 0.6) is 0 Å². The van der Waals surface area contributed by atoms with E-state index in [2.05, 4.69) is 0 Å². The molecule has 0 amide bonds. The standard InChI is InChI=1S/2C2H6.CH4N.6CH3.66Y/c3*1-2;;;;;;;;;;;;;;;;;;;;;;;;;;;;;;;;;;;;;;;;;;;;;;;;;;;;;;;;;;;;;;;;;;;;;;;;/h2*1-2H3;2H,1H3;6*1H3;;;;;;;;;;;;;;;;;;;;;;;;;;;;;;;;;;;;;;;;;;;;;;;;;;;;;;;;;;;;;;;;;;/q;;7*-1;;;;;;;;;;;;;;;;;;;;;;;;;;;;;;;;;;;;;;;;;;;;;;;;;;;;;;;;;;;;;;;;;;. The Kier molecular flexibility index (Phi) is 4720. The molecule has 0 aromatic heterocycles. The monoisotopic (exact) mass is 6050 g/mol. The molecule has 0 atom stereocenters. The molecule has 78 heavy (non-hydrogen) atoms. The van der Waals surface area contributed by atoms with Crippen molar-refractivity contribution in [1.29, 1.82) is 0 Å². The Morgan fingerprint density at radius 2 is 0.0769 bits per heavy atom. The molecule has 0 aromatic rings. The largest absolute Gasteiger partial charge is 0.680 e. The summed E-state index contributed by atoms with van der Waals surface area (Å²) in [6.07, 6.45) is 0. The maximum Gasteiger partial charge on any atom is 0 e. The van der Waals surface area contributed by atoms with Crippen LogP contribution in [0.15, 0.2) is 0 Å². The average molecular weight is 6050 g/mol. The van der Waals surface area contributed by atoms with Crippen molar-refractivity contribution < 1.29 is 2160 Å². The first-order valence-electron chi connectivity index (χ1n) is 2.50. The van der Waals surface area contributed by atoms with E-state index in [-0.39, 0.29) is 2200 Å². The van der Waals surface area contributed by atoms with Crippen molar-refractivity contribution in [2.24, 2.45) is 0 Å². The van der Waals surface area contributed by atoms with Gasteiger partial charge in [-0.3, -0.25) is 0 Å². The van der Waals surface area contributed by atoms with Crippen LogP contribution in [-0.4, -0.2) is 7.05 Å². The quantitative estimate of drug-likeness (QED) is 0.297. The molecule has 0 saturated carbocycles. The molecule has 67 heteroatoms. The zero-order chi connectivity index (χ0) is 6.00. The van der Waals surface area contributed by atoms with Gasteiger partial charge in [0.1, 0.15) is 0 Å². The van der Waals surface area contributed by atoms with Gasteiger partial charge in [0.15, 0.2) is 0 Å². The second-order valence-corrected chi connectivity index (χ2v) is 0. The normalized spacial score (nSPS) is 0.231. The van der Waals surface area contributed by atoms with E-state index in [0.29, 0.717) is 0 Å². The van der Waals surface area contributed by atoms with Gasteiger partial charge in [-0.15, -0.1) is 0 Å². The SMILES string of the molecule is CC.CC.C[NH-].[CH3-].[CH3-].[CH3-].[CH3-].[CH3-].[CH3-].[Y].[Y].[Y].[Y].[Y].[Y].[Y].[Y].[Y].[Y].[Y].[Y].[Y].[Y].[Y].[Y].[Y].[Y].[Y].[Y].[Y].[Y].[Y].[Y].[Y].[Y].[Y].[Y].[Y].[Y].[Y].[Y].[Y].[Y].[Y].[Y].[Y].[Y].[Y].[Y].[Y].[Y].[Y].[Y].[Y].[Y].[Y].[Y].[Y].[Y].[Y].[Y].[Y].[Y].[Y].[Y].[Y].[Y].[Y].[Y].[Y].[Y].[Y].[Y].[Y].[Y]. The molecular weight excluding hydrogens is 6010 g/mol. The van der Waals surface area contributed by atoms with Crippen molar-refractivity contribution >= 4 is 0 Å². The van der Waals surface area contributed by atoms with E-state index in [4.69, 9.17) is 5.73 Å². The first kappa shape index (κ1) is 589. The molecule has 0 heterocycles. The Morgan fingerprint density at radius 1 is 0.0769 bits per heavy atom. The molecule has 0 aromatic carbocycles. The van der Waals surface area contributed by atoms with Crippen molar-refractivity contribution in [3.8, 4) is 0 Å². The van der Waals surface area contributed by atoms with Gasteiger partial charge in [-0.1, -0.05) is 27.7 Å². The van der Waals surface area contributed by atoms with E-state index in [9.17, 15) is 0 Å². The van der Waals surface area contributed by atoms with Crippen LogP contribution in [0.4, 0.5) is 0 Å². The summed E-state index contributed by atoms with van der Waals surface area (Å²) in [4.78, 5) is 0. The Labute approximate surface area is 2160 Å². The smallest absolute Gasteiger partial charge is 0 e. The molecule has 0 fully saturated rings. The van der Waals surface area contributed by atoms with Crippen molar-refractivity contribution in [3.63, 3.8) is 0 Å². The third kappa shape index (κ3) is 613. The molecule has 1 nitrogen and oxygen atoms in total. The average Bonchev–Trinajstić information content (AvgIpc) is 1.81. The van der Waals surface area contributed by atoms with Crippen LogP contribution >= 0.6 is 0 Å². The number of nitrogens with one attached hydrogen (secondary N) is 1. The molecule has 288 valence electrons. The fourth-order valence-corrected chi connectivity index (χ4v) is 0. The minimum atomic E-state index is 0. The fraction of sp³-hybridized carbons (Fsp3) is 0.455. The van der Waals surface area contributed by atoms with Gasteiger partial charge in [0.2, 0.25) is 0 Å². The number of hydrogen-bond donors (Lipinski definition) is 0. The molecule has 0 aliphatic carbocycles. The van der Waals surface area contributed by atoms with Crippen LogP contribution in [0.2, 0.25) is 0 Å². The minimum Gasteiger partial charge on any atom is -0.680 e. The summed E-state index contributed by atoms with van der Waals surface area (Å²) in [5, 5.41) is 0. The topological polar surface area (TPSA) is 23.8 Å². The van der Waals surface area contributed by atoms with Gasteiger partial charge in [-0.2, -0.15) is 7.05 Å². The van der Waals surface area contributed by atoms with Gasteiger partial charge >= 0.3 is 0 Å². The van der Waals surface area contributed by atoms with Crippen molar-refractivity contribution in [1.82, 2.24) is 0 Å². The van der Waals surface area contributed by atoms with E-state index in [0.717, 1.165) is 0 Å². The molecule has 0 aliphatic heterocycles. The molecule has 0 saturated heterocycles. The summed E-state index contributed by atoms with van der Waals surface area (Å²) in [6.45, 7) is 8.00. The summed E-state index contributed by atoms with van der Waals surface area (Å²) in [5.41, 5.74) is 5.75. The summed E-state index contributed by atoms with van der Waals surface area (Å²) < 4.78 is 0. The van der Waals surface area contributed by atoms with E-state index in [1.165, 1.54) is 7.05 Å². The molecule has 0 aliphatic rings. The maximum absolute atomic E-state index is 5.75. The second-order valence-electron chi connectivity index (χ2n) is 0. The van der Waals surface area contributed by atoms with Gasteiger partial charge in [-0.05, 0) is 0 Å². The third-order valence-corrected chi connectivity index (χ3v) is 0. The minimum absolute atomic E-state index is 0. The third-order valence-electron chi connectivity index (χ3n) is 0. The number of hydrogen-bond acceptors (Lipinski definition) is 0. The first-order valence-corrected chi connectivity index (χ1v) is 2.50. The molecule has 0 bridgehead atoms. The van der Waals surface area contributed by atoms with E-state index >= 15 is 0 Å². The number of rotatable bonds is 0. The van der Waals surface area contributed by atoms with Crippen molar-refractivity contribution in [3.05, 3.63) is 50.3 Å². The van der Waals surface area contributed by atoms with Crippen LogP contribution in [0.25, 0.3) is 5.73 Å². The molecule has 0 rings (SSSR count). The summed E-state index contributed by atoms with van der Waals surface area (Å²) in [7, 11) is 1.25. The van der Waals surface area contributed by atoms with Crippen molar-refractivity contribution in [2.45, 2.75) is 27.7 Å². The summed E-state index contributed by atoms with van der Waals surface area (Å²) >= 11 is 0. The van der Waals surface area contributed by atoms with E-state index in [1.54, 1.807) is 0 Å². The molecule has 66 radical (unpaired) electrons. The Hall–Kier alpha value is 72.8. The van der Waals surface area contributed by atoms with Gasteiger partial charge in [-0.25, -0.2) is 0 Å². The molecule has 1 N–H and O–H groups in total. The fourth-order valence-electron chi connectivity index (χ4n) is 0. The van der Waals surface area contributed by atoms with Gasteiger partial charge < -0.3 is 50.3 Å². The Balaban J connectivity index is -0.0000000000162. The molecular formula is C11H34NY66-7. The van der Waals surface area contributed by atoms with Gasteiger partial charge in [0, 0.05) is 2160 Å². The summed E-state index contributed by atoms with van der Waals surface area (Å²) in [5.74, 6) is 0. The Morgan fingerprint density at radius 3 is 0.0769 bits per heavy atom. The zero-order valence-corrected chi connectivity index (χ0v) is 237. The van der Waals surface area contributed by atoms with Crippen LogP contribution < -0.4 is 0 Å². The van der Waals surface area contributed by atoms with Gasteiger partial charge in [0.05, 0.1) is 0 Å². The summed E-state index contributed by atoms with van der Waals surface area (Å²) in [6, 6.07) is 0. The van der Waals surface area contributed by atoms with Gasteiger partial charge in [0.25, 0.3) is 0 Å². The zero-order valence-electron chi connectivity index (χ0n) is 49.6. The first-order chi connectivity index (χ1) is 3.00. The predicted octanol–water partition coefficient (Wildman–Crippen LogP) is 5.26. The van der Waals surface area contributed by atoms with Crippen LogP contribution in [0, 0.1) is 44.6 Å². The van der Waals surface area contributed by atoms with E-state index < -0.39 is 0 Å². The maximum atomic E-state index is 5.75. The molecule has 0 unspecified atom stereocenters. The van der Waals surface area contributed by atoms with Crippen LogP contribution in [0.1, 0.15) is 27.7 Å². The Bertz CT molecular complexity index is 53.3. The second kappa shape index (κ2) is 626. The van der Waals surface area contributed by atoms with Crippen molar-refractivity contribution in [2.75, 3.05) is 7.05 Å². The van der Waals surface area contributed by atoms with Crippen LogP contribution in [-0.2, 0) is 2160 Å². The van der Waals surface area contributed by atoms with E-state index in [1.807, 2.05) is 27.7 Å². The van der Waals surface area contributed by atoms with Crippen LogP contribution in [0.3, 0.4) is 0 Å².